The van der Waals surface area contributed by atoms with E-state index in [9.17, 15) is 18.0 Å². The molecule has 0 spiro atoms. The van der Waals surface area contributed by atoms with Crippen LogP contribution < -0.4 is 15.4 Å². The summed E-state index contributed by atoms with van der Waals surface area (Å²) in [6.45, 7) is 0. The molecule has 0 radical (unpaired) electrons. The van der Waals surface area contributed by atoms with Crippen molar-refractivity contribution in [3.05, 3.63) is 77.4 Å². The minimum atomic E-state index is -4.54. The van der Waals surface area contributed by atoms with Crippen molar-refractivity contribution in [3.63, 3.8) is 0 Å². The highest BCUT2D eigenvalue weighted by Gasteiger charge is 2.31. The number of amides is 2. The molecule has 2 aromatic carbocycles. The van der Waals surface area contributed by atoms with E-state index in [1.165, 1.54) is 12.1 Å². The van der Waals surface area contributed by atoms with Crippen molar-refractivity contribution in [2.75, 3.05) is 10.6 Å². The van der Waals surface area contributed by atoms with Gasteiger partial charge >= 0.3 is 12.2 Å². The Bertz CT molecular complexity index is 964. The van der Waals surface area contributed by atoms with Gasteiger partial charge in [-0.2, -0.15) is 13.2 Å². The Hall–Kier alpha value is -3.26. The number of ether oxygens (including phenoxy) is 1. The van der Waals surface area contributed by atoms with Crippen molar-refractivity contribution >= 4 is 29.0 Å². The molecule has 0 atom stereocenters. The number of carbonyl (C=O) groups is 1. The van der Waals surface area contributed by atoms with Crippen LogP contribution in [0, 0.1) is 0 Å². The fourth-order valence-corrected chi connectivity index (χ4v) is 2.39. The number of hydrogen-bond acceptors (Lipinski definition) is 3. The highest BCUT2D eigenvalue weighted by molar-refractivity contribution is 6.31. The number of rotatable bonds is 4. The van der Waals surface area contributed by atoms with Gasteiger partial charge in [0, 0.05) is 17.6 Å². The Balaban J connectivity index is 1.62. The minimum absolute atomic E-state index is 0.155. The Labute approximate surface area is 163 Å². The molecule has 2 N–H and O–H groups in total. The molecule has 144 valence electrons. The zero-order chi connectivity index (χ0) is 20.1. The number of benzene rings is 2. The monoisotopic (exact) mass is 407 g/mol. The second kappa shape index (κ2) is 8.18. The normalized spacial score (nSPS) is 11.0. The van der Waals surface area contributed by atoms with Crippen LogP contribution in [0.4, 0.5) is 29.3 Å². The smallest absolute Gasteiger partial charge is 0.417 e. The van der Waals surface area contributed by atoms with Crippen LogP contribution in [0.3, 0.4) is 0 Å². The summed E-state index contributed by atoms with van der Waals surface area (Å²) in [5.74, 6) is 0.139. The van der Waals surface area contributed by atoms with Crippen LogP contribution in [0.5, 0.6) is 11.6 Å². The molecule has 1 aromatic heterocycles. The van der Waals surface area contributed by atoms with Gasteiger partial charge in [-0.05, 0) is 42.5 Å². The third-order valence-electron chi connectivity index (χ3n) is 3.49. The van der Waals surface area contributed by atoms with Gasteiger partial charge in [-0.15, -0.1) is 0 Å². The largest absolute Gasteiger partial charge is 0.438 e. The SMILES string of the molecule is O=C(Nc1ccccc1)Nc1ccc(Oc2ncc(C(F)(F)F)cc2Cl)cc1. The topological polar surface area (TPSA) is 63.2 Å². The number of hydrogen-bond donors (Lipinski definition) is 2. The maximum atomic E-state index is 12.6. The molecule has 0 bridgehead atoms. The number of alkyl halides is 3. The maximum absolute atomic E-state index is 12.6. The molecule has 0 aliphatic rings. The van der Waals surface area contributed by atoms with E-state index < -0.39 is 17.8 Å². The molecule has 2 amide bonds. The summed E-state index contributed by atoms with van der Waals surface area (Å²) < 4.78 is 43.3. The Morgan fingerprint density at radius 3 is 2.14 bits per heavy atom. The molecule has 0 saturated carbocycles. The average molecular weight is 408 g/mol. The van der Waals surface area contributed by atoms with E-state index in [1.807, 2.05) is 6.07 Å². The molecule has 5 nitrogen and oxygen atoms in total. The van der Waals surface area contributed by atoms with Crippen molar-refractivity contribution in [2.24, 2.45) is 0 Å². The first kappa shape index (κ1) is 19.5. The number of para-hydroxylation sites is 1. The van der Waals surface area contributed by atoms with E-state index in [-0.39, 0.29) is 10.9 Å². The summed E-state index contributed by atoms with van der Waals surface area (Å²) in [4.78, 5) is 15.5. The predicted molar refractivity (Wildman–Crippen MR) is 99.8 cm³/mol. The van der Waals surface area contributed by atoms with Crippen molar-refractivity contribution in [3.8, 4) is 11.6 Å². The second-order valence-corrected chi connectivity index (χ2v) is 5.99. The summed E-state index contributed by atoms with van der Waals surface area (Å²) in [6, 6.07) is 15.4. The first-order chi connectivity index (χ1) is 13.3. The molecule has 0 saturated heterocycles. The van der Waals surface area contributed by atoms with E-state index in [1.54, 1.807) is 36.4 Å². The van der Waals surface area contributed by atoms with E-state index >= 15 is 0 Å². The maximum Gasteiger partial charge on any atom is 0.417 e. The van der Waals surface area contributed by atoms with E-state index in [4.69, 9.17) is 16.3 Å². The number of pyridine rings is 1. The lowest BCUT2D eigenvalue weighted by molar-refractivity contribution is -0.137. The summed E-state index contributed by atoms with van der Waals surface area (Å²) in [5.41, 5.74) is 0.170. The van der Waals surface area contributed by atoms with E-state index in [0.717, 1.165) is 6.07 Å². The fourth-order valence-electron chi connectivity index (χ4n) is 2.19. The van der Waals surface area contributed by atoms with Crippen molar-refractivity contribution in [1.82, 2.24) is 4.98 Å². The predicted octanol–water partition coefficient (Wildman–Crippen LogP) is 6.19. The van der Waals surface area contributed by atoms with Gasteiger partial charge in [-0.1, -0.05) is 29.8 Å². The van der Waals surface area contributed by atoms with Gasteiger partial charge in [-0.25, -0.2) is 9.78 Å². The summed E-state index contributed by atoms with van der Waals surface area (Å²) in [7, 11) is 0. The Morgan fingerprint density at radius 1 is 0.964 bits per heavy atom. The Kier molecular flexibility index (Phi) is 5.70. The average Bonchev–Trinajstić information content (AvgIpc) is 2.65. The fraction of sp³-hybridized carbons (Fsp3) is 0.0526. The van der Waals surface area contributed by atoms with Crippen LogP contribution in [0.15, 0.2) is 66.9 Å². The zero-order valence-corrected chi connectivity index (χ0v) is 14.9. The zero-order valence-electron chi connectivity index (χ0n) is 14.1. The number of carbonyl (C=O) groups excluding carboxylic acids is 1. The van der Waals surface area contributed by atoms with Gasteiger partial charge in [0.05, 0.1) is 5.56 Å². The van der Waals surface area contributed by atoms with Crippen LogP contribution in [0.1, 0.15) is 5.56 Å². The molecular formula is C19H13ClF3N3O2. The summed E-state index contributed by atoms with van der Waals surface area (Å²) in [6.07, 6.45) is -3.89. The van der Waals surface area contributed by atoms with E-state index in [2.05, 4.69) is 15.6 Å². The van der Waals surface area contributed by atoms with Crippen LogP contribution in [0.2, 0.25) is 5.02 Å². The highest BCUT2D eigenvalue weighted by Crippen LogP contribution is 2.34. The van der Waals surface area contributed by atoms with Crippen LogP contribution in [-0.2, 0) is 6.18 Å². The minimum Gasteiger partial charge on any atom is -0.438 e. The van der Waals surface area contributed by atoms with Crippen LogP contribution in [0.25, 0.3) is 0 Å². The molecule has 0 unspecified atom stereocenters. The molecule has 0 fully saturated rings. The molecule has 0 aliphatic heterocycles. The summed E-state index contributed by atoms with van der Waals surface area (Å²) >= 11 is 5.81. The first-order valence-corrected chi connectivity index (χ1v) is 8.33. The molecule has 1 heterocycles. The number of aromatic nitrogens is 1. The van der Waals surface area contributed by atoms with Gasteiger partial charge in [0.25, 0.3) is 0 Å². The molecule has 3 aromatic rings. The lowest BCUT2D eigenvalue weighted by Crippen LogP contribution is -2.19. The number of halogens is 4. The quantitative estimate of drug-likeness (QED) is 0.542. The van der Waals surface area contributed by atoms with Crippen LogP contribution in [-0.4, -0.2) is 11.0 Å². The second-order valence-electron chi connectivity index (χ2n) is 5.58. The lowest BCUT2D eigenvalue weighted by Gasteiger charge is -2.11. The van der Waals surface area contributed by atoms with Crippen molar-refractivity contribution in [1.29, 1.82) is 0 Å². The summed E-state index contributed by atoms with van der Waals surface area (Å²) in [5, 5.41) is 5.05. The number of nitrogens with one attached hydrogen (secondary N) is 2. The lowest BCUT2D eigenvalue weighted by atomic mass is 10.3. The number of anilines is 2. The highest BCUT2D eigenvalue weighted by atomic mass is 35.5. The van der Waals surface area contributed by atoms with Gasteiger partial charge in [-0.3, -0.25) is 0 Å². The van der Waals surface area contributed by atoms with Crippen LogP contribution >= 0.6 is 11.6 Å². The van der Waals surface area contributed by atoms with Crippen molar-refractivity contribution < 1.29 is 22.7 Å². The van der Waals surface area contributed by atoms with Gasteiger partial charge in [0.15, 0.2) is 0 Å². The standard InChI is InChI=1S/C19H13ClF3N3O2/c20-16-10-12(19(21,22)23)11-24-17(16)28-15-8-6-14(7-9-15)26-18(27)25-13-4-2-1-3-5-13/h1-11H,(H2,25,26,27). The molecule has 28 heavy (non-hydrogen) atoms. The Morgan fingerprint density at radius 2 is 1.57 bits per heavy atom. The third-order valence-corrected chi connectivity index (χ3v) is 3.76. The van der Waals surface area contributed by atoms with E-state index in [0.29, 0.717) is 23.3 Å². The van der Waals surface area contributed by atoms with Gasteiger partial charge < -0.3 is 15.4 Å². The molecule has 3 rings (SSSR count). The van der Waals surface area contributed by atoms with Gasteiger partial charge in [0.1, 0.15) is 10.8 Å². The number of urea groups is 1. The molecule has 9 heteroatoms. The van der Waals surface area contributed by atoms with Gasteiger partial charge in [0.2, 0.25) is 5.88 Å². The number of nitrogens with zero attached hydrogens (tertiary/aromatic N) is 1. The van der Waals surface area contributed by atoms with Crippen molar-refractivity contribution in [2.45, 2.75) is 6.18 Å². The third kappa shape index (κ3) is 5.14. The molecular weight excluding hydrogens is 395 g/mol. The first-order valence-electron chi connectivity index (χ1n) is 7.95. The molecule has 0 aliphatic carbocycles.